The summed E-state index contributed by atoms with van der Waals surface area (Å²) in [5.41, 5.74) is 0.891. The molecule has 2 aliphatic heterocycles. The lowest BCUT2D eigenvalue weighted by molar-refractivity contribution is -0.274. The smallest absolute Gasteiger partial charge is 0.406 e. The van der Waals surface area contributed by atoms with Crippen LogP contribution in [-0.4, -0.2) is 105 Å². The van der Waals surface area contributed by atoms with Crippen LogP contribution >= 0.6 is 0 Å². The molecule has 0 atom stereocenters. The molecule has 2 saturated heterocycles. The van der Waals surface area contributed by atoms with Gasteiger partial charge < -0.3 is 9.64 Å². The van der Waals surface area contributed by atoms with E-state index in [2.05, 4.69) is 14.5 Å². The Morgan fingerprint density at radius 2 is 1.48 bits per heavy atom. The number of ether oxygens (including phenoxy) is 1. The predicted octanol–water partition coefficient (Wildman–Crippen LogP) is 0.807. The van der Waals surface area contributed by atoms with E-state index in [-0.39, 0.29) is 11.7 Å². The number of benzene rings is 1. The van der Waals surface area contributed by atoms with Crippen LogP contribution < -0.4 is 4.74 Å². The monoisotopic (exact) mass is 464 g/mol. The standard InChI is InChI=1S/C19H27F3N4O4S/c1-31(28,29)26-12-10-25(11-13-26)18(27)15-24-8-6-23(7-9-24)14-16-2-4-17(5-3-16)30-19(20,21)22/h2-5H,6-15H2,1H3. The molecule has 0 N–H and O–H groups in total. The van der Waals surface area contributed by atoms with Crippen molar-refractivity contribution in [2.45, 2.75) is 12.9 Å². The maximum absolute atomic E-state index is 12.5. The van der Waals surface area contributed by atoms with Crippen LogP contribution in [0.25, 0.3) is 0 Å². The Morgan fingerprint density at radius 3 is 2.00 bits per heavy atom. The normalized spacial score (nSPS) is 20.1. The molecule has 8 nitrogen and oxygen atoms in total. The molecule has 2 aliphatic rings. The largest absolute Gasteiger partial charge is 0.573 e. The first-order chi connectivity index (χ1) is 14.5. The SMILES string of the molecule is CS(=O)(=O)N1CCN(C(=O)CN2CCN(Cc3ccc(OC(F)(F)F)cc3)CC2)CC1. The molecule has 0 radical (unpaired) electrons. The third kappa shape index (κ3) is 7.34. The van der Waals surface area contributed by atoms with Gasteiger partial charge in [-0.1, -0.05) is 12.1 Å². The first kappa shape index (κ1) is 23.8. The van der Waals surface area contributed by atoms with Crippen LogP contribution in [0.4, 0.5) is 13.2 Å². The van der Waals surface area contributed by atoms with E-state index >= 15 is 0 Å². The fourth-order valence-electron chi connectivity index (χ4n) is 3.72. The molecule has 174 valence electrons. The van der Waals surface area contributed by atoms with Crippen molar-refractivity contribution >= 4 is 15.9 Å². The van der Waals surface area contributed by atoms with E-state index in [9.17, 15) is 26.4 Å². The number of hydrogen-bond donors (Lipinski definition) is 0. The third-order valence-corrected chi connectivity index (χ3v) is 6.75. The Morgan fingerprint density at radius 1 is 0.935 bits per heavy atom. The summed E-state index contributed by atoms with van der Waals surface area (Å²) in [5, 5.41) is 0. The summed E-state index contributed by atoms with van der Waals surface area (Å²) in [4.78, 5) is 18.5. The summed E-state index contributed by atoms with van der Waals surface area (Å²) in [7, 11) is -3.22. The fraction of sp³-hybridized carbons (Fsp3) is 0.632. The van der Waals surface area contributed by atoms with E-state index < -0.39 is 16.4 Å². The van der Waals surface area contributed by atoms with Crippen molar-refractivity contribution in [1.29, 1.82) is 0 Å². The topological polar surface area (TPSA) is 73.4 Å². The zero-order valence-corrected chi connectivity index (χ0v) is 18.2. The molecule has 12 heteroatoms. The van der Waals surface area contributed by atoms with E-state index in [1.165, 1.54) is 22.7 Å². The zero-order valence-electron chi connectivity index (χ0n) is 17.3. The first-order valence-electron chi connectivity index (χ1n) is 10.0. The number of piperazine rings is 2. The molecule has 0 unspecified atom stereocenters. The lowest BCUT2D eigenvalue weighted by atomic mass is 10.2. The summed E-state index contributed by atoms with van der Waals surface area (Å²) in [6.45, 7) is 5.29. The molecule has 0 aromatic heterocycles. The summed E-state index contributed by atoms with van der Waals surface area (Å²) in [6, 6.07) is 5.85. The highest BCUT2D eigenvalue weighted by molar-refractivity contribution is 7.88. The predicted molar refractivity (Wildman–Crippen MR) is 108 cm³/mol. The number of rotatable bonds is 6. The van der Waals surface area contributed by atoms with E-state index in [1.54, 1.807) is 17.0 Å². The molecule has 3 rings (SSSR count). The van der Waals surface area contributed by atoms with Crippen LogP contribution in [0.5, 0.6) is 5.75 Å². The molecule has 31 heavy (non-hydrogen) atoms. The Bertz CT molecular complexity index is 848. The van der Waals surface area contributed by atoms with Crippen LogP contribution in [-0.2, 0) is 21.4 Å². The van der Waals surface area contributed by atoms with E-state index in [0.717, 1.165) is 18.7 Å². The number of carbonyl (C=O) groups is 1. The Labute approximate surface area is 180 Å². The summed E-state index contributed by atoms with van der Waals surface area (Å²) in [5.74, 6) is -0.237. The third-order valence-electron chi connectivity index (χ3n) is 5.45. The Balaban J connectivity index is 1.39. The van der Waals surface area contributed by atoms with Gasteiger partial charge in [-0.05, 0) is 17.7 Å². The molecular formula is C19H27F3N4O4S. The van der Waals surface area contributed by atoms with Gasteiger partial charge >= 0.3 is 6.36 Å². The molecule has 0 spiro atoms. The first-order valence-corrected chi connectivity index (χ1v) is 11.9. The highest BCUT2D eigenvalue weighted by Gasteiger charge is 2.31. The van der Waals surface area contributed by atoms with Crippen molar-refractivity contribution < 1.29 is 31.1 Å². The van der Waals surface area contributed by atoms with Crippen LogP contribution in [0.2, 0.25) is 0 Å². The van der Waals surface area contributed by atoms with E-state index in [4.69, 9.17) is 0 Å². The van der Waals surface area contributed by atoms with Gasteiger partial charge in [-0.3, -0.25) is 14.6 Å². The van der Waals surface area contributed by atoms with Crippen LogP contribution in [0.15, 0.2) is 24.3 Å². The number of amides is 1. The minimum Gasteiger partial charge on any atom is -0.406 e. The van der Waals surface area contributed by atoms with Gasteiger partial charge in [-0.25, -0.2) is 8.42 Å². The van der Waals surface area contributed by atoms with Crippen molar-refractivity contribution in [2.24, 2.45) is 0 Å². The molecular weight excluding hydrogens is 437 g/mol. The minimum atomic E-state index is -4.70. The summed E-state index contributed by atoms with van der Waals surface area (Å²) in [6.07, 6.45) is -3.52. The number of carbonyl (C=O) groups excluding carboxylic acids is 1. The number of halogens is 3. The van der Waals surface area contributed by atoms with Gasteiger partial charge in [0, 0.05) is 58.9 Å². The molecule has 2 fully saturated rings. The quantitative estimate of drug-likeness (QED) is 0.621. The average Bonchev–Trinajstić information content (AvgIpc) is 2.69. The van der Waals surface area contributed by atoms with Gasteiger partial charge in [0.15, 0.2) is 0 Å². The zero-order chi connectivity index (χ0) is 22.6. The molecule has 1 amide bonds. The Kier molecular flexibility index (Phi) is 7.45. The molecule has 1 aromatic rings. The molecule has 0 saturated carbocycles. The van der Waals surface area contributed by atoms with Crippen LogP contribution in [0.3, 0.4) is 0 Å². The summed E-state index contributed by atoms with van der Waals surface area (Å²) < 4.78 is 65.1. The second kappa shape index (κ2) is 9.72. The van der Waals surface area contributed by atoms with E-state index in [1.807, 2.05) is 0 Å². The number of alkyl halides is 3. The highest BCUT2D eigenvalue weighted by atomic mass is 32.2. The second-order valence-electron chi connectivity index (χ2n) is 7.79. The molecule has 1 aromatic carbocycles. The lowest BCUT2D eigenvalue weighted by Crippen LogP contribution is -2.54. The fourth-order valence-corrected chi connectivity index (χ4v) is 4.55. The van der Waals surface area contributed by atoms with Crippen molar-refractivity contribution in [3.05, 3.63) is 29.8 Å². The number of sulfonamides is 1. The van der Waals surface area contributed by atoms with Gasteiger partial charge in [0.05, 0.1) is 12.8 Å². The Hall–Kier alpha value is -1.89. The highest BCUT2D eigenvalue weighted by Crippen LogP contribution is 2.23. The number of nitrogens with zero attached hydrogens (tertiary/aromatic N) is 4. The van der Waals surface area contributed by atoms with Gasteiger partial charge in [0.25, 0.3) is 0 Å². The molecule has 0 aliphatic carbocycles. The maximum Gasteiger partial charge on any atom is 0.573 e. The lowest BCUT2D eigenvalue weighted by Gasteiger charge is -2.37. The van der Waals surface area contributed by atoms with Crippen molar-refractivity contribution in [2.75, 3.05) is 65.2 Å². The van der Waals surface area contributed by atoms with Gasteiger partial charge in [-0.15, -0.1) is 13.2 Å². The van der Waals surface area contributed by atoms with Crippen LogP contribution in [0.1, 0.15) is 5.56 Å². The summed E-state index contributed by atoms with van der Waals surface area (Å²) >= 11 is 0. The average molecular weight is 465 g/mol. The molecule has 0 bridgehead atoms. The molecule has 2 heterocycles. The number of hydrogen-bond acceptors (Lipinski definition) is 6. The van der Waals surface area contributed by atoms with E-state index in [0.29, 0.717) is 52.4 Å². The van der Waals surface area contributed by atoms with Gasteiger partial charge in [0.1, 0.15) is 5.75 Å². The van der Waals surface area contributed by atoms with Crippen molar-refractivity contribution in [3.63, 3.8) is 0 Å². The van der Waals surface area contributed by atoms with Crippen molar-refractivity contribution in [1.82, 2.24) is 19.0 Å². The van der Waals surface area contributed by atoms with Gasteiger partial charge in [0.2, 0.25) is 15.9 Å². The van der Waals surface area contributed by atoms with Crippen molar-refractivity contribution in [3.8, 4) is 5.75 Å². The minimum absolute atomic E-state index is 0.00172. The maximum atomic E-state index is 12.5. The second-order valence-corrected chi connectivity index (χ2v) is 9.77. The van der Waals surface area contributed by atoms with Crippen LogP contribution in [0, 0.1) is 0 Å². The van der Waals surface area contributed by atoms with Gasteiger partial charge in [-0.2, -0.15) is 4.31 Å².